The van der Waals surface area contributed by atoms with Gasteiger partial charge in [-0.3, -0.25) is 4.99 Å². The first-order valence-electron chi connectivity index (χ1n) is 7.26. The third-order valence-corrected chi connectivity index (χ3v) is 3.82. The van der Waals surface area contributed by atoms with E-state index in [-0.39, 0.29) is 35.8 Å². The van der Waals surface area contributed by atoms with Crippen LogP contribution in [0.15, 0.2) is 45.9 Å². The molecule has 136 valence electrons. The zero-order valence-corrected chi connectivity index (χ0v) is 17.8. The van der Waals surface area contributed by atoms with Crippen LogP contribution in [0.4, 0.5) is 10.1 Å². The number of hydrogen-bond acceptors (Lipinski definition) is 3. The summed E-state index contributed by atoms with van der Waals surface area (Å²) >= 11 is 3.33. The molecule has 0 spiro atoms. The van der Waals surface area contributed by atoms with E-state index in [2.05, 4.69) is 26.2 Å². The molecule has 0 aliphatic carbocycles. The number of guanidine groups is 1. The molecule has 0 heterocycles. The lowest BCUT2D eigenvalue weighted by molar-refractivity contribution is 0.355. The Labute approximate surface area is 172 Å². The van der Waals surface area contributed by atoms with Gasteiger partial charge in [0.15, 0.2) is 17.5 Å². The SMILES string of the molecule is COc1ccc(NC(N)=NCCc2cc(Br)ccc2F)cc1OC.I. The molecular formula is C17H20BrFIN3O2. The van der Waals surface area contributed by atoms with Crippen LogP contribution in [-0.2, 0) is 6.42 Å². The number of aliphatic imine (C=N–C) groups is 1. The minimum atomic E-state index is -0.250. The fourth-order valence-corrected chi connectivity index (χ4v) is 2.54. The van der Waals surface area contributed by atoms with Gasteiger partial charge in [0.1, 0.15) is 5.82 Å². The highest BCUT2D eigenvalue weighted by Crippen LogP contribution is 2.29. The summed E-state index contributed by atoms with van der Waals surface area (Å²) in [7, 11) is 3.13. The zero-order chi connectivity index (χ0) is 17.5. The second kappa shape index (κ2) is 10.4. The van der Waals surface area contributed by atoms with Gasteiger partial charge in [-0.15, -0.1) is 24.0 Å². The molecule has 2 aromatic rings. The maximum Gasteiger partial charge on any atom is 0.193 e. The van der Waals surface area contributed by atoms with E-state index >= 15 is 0 Å². The Morgan fingerprint density at radius 3 is 2.56 bits per heavy atom. The van der Waals surface area contributed by atoms with Crippen LogP contribution < -0.4 is 20.5 Å². The van der Waals surface area contributed by atoms with Crippen LogP contribution in [0.2, 0.25) is 0 Å². The number of nitrogens with two attached hydrogens (primary N) is 1. The average molecular weight is 524 g/mol. The van der Waals surface area contributed by atoms with Crippen molar-refractivity contribution in [2.75, 3.05) is 26.1 Å². The Balaban J connectivity index is 0.00000312. The standard InChI is InChI=1S/C17H19BrFN3O2.HI/c1-23-15-6-4-13(10-16(15)24-2)22-17(20)21-8-7-11-9-12(18)3-5-14(11)19;/h3-6,9-10H,7-8H2,1-2H3,(H3,20,21,22);1H. The number of methoxy groups -OCH3 is 2. The first kappa shape index (κ1) is 21.5. The number of halogens is 3. The lowest BCUT2D eigenvalue weighted by Crippen LogP contribution is -2.23. The summed E-state index contributed by atoms with van der Waals surface area (Å²) in [5.74, 6) is 1.22. The van der Waals surface area contributed by atoms with Crippen molar-refractivity contribution in [2.45, 2.75) is 6.42 Å². The molecule has 8 heteroatoms. The Morgan fingerprint density at radius 2 is 1.88 bits per heavy atom. The van der Waals surface area contributed by atoms with Gasteiger partial charge < -0.3 is 20.5 Å². The van der Waals surface area contributed by atoms with Crippen molar-refractivity contribution < 1.29 is 13.9 Å². The molecule has 3 N–H and O–H groups in total. The van der Waals surface area contributed by atoms with E-state index in [4.69, 9.17) is 15.2 Å². The molecule has 0 saturated heterocycles. The highest BCUT2D eigenvalue weighted by Gasteiger charge is 2.05. The van der Waals surface area contributed by atoms with Gasteiger partial charge in [0.25, 0.3) is 0 Å². The fourth-order valence-electron chi connectivity index (χ4n) is 2.13. The first-order chi connectivity index (χ1) is 11.5. The highest BCUT2D eigenvalue weighted by molar-refractivity contribution is 14.0. The molecule has 0 fully saturated rings. The van der Waals surface area contributed by atoms with Gasteiger partial charge in [-0.2, -0.15) is 0 Å². The number of nitrogens with one attached hydrogen (secondary N) is 1. The summed E-state index contributed by atoms with van der Waals surface area (Å²) in [5.41, 5.74) is 7.18. The van der Waals surface area contributed by atoms with Gasteiger partial charge in [-0.25, -0.2) is 4.39 Å². The minimum absolute atomic E-state index is 0. The van der Waals surface area contributed by atoms with Crippen molar-refractivity contribution in [3.8, 4) is 11.5 Å². The van der Waals surface area contributed by atoms with Crippen LogP contribution >= 0.6 is 39.9 Å². The molecule has 0 bridgehead atoms. The van der Waals surface area contributed by atoms with Gasteiger partial charge in [0.2, 0.25) is 0 Å². The maximum atomic E-state index is 13.7. The lowest BCUT2D eigenvalue weighted by Gasteiger charge is -2.11. The highest BCUT2D eigenvalue weighted by atomic mass is 127. The molecule has 0 aliphatic rings. The van der Waals surface area contributed by atoms with E-state index in [1.165, 1.54) is 6.07 Å². The van der Waals surface area contributed by atoms with Crippen LogP contribution in [-0.4, -0.2) is 26.7 Å². The van der Waals surface area contributed by atoms with Crippen LogP contribution in [0.3, 0.4) is 0 Å². The predicted octanol–water partition coefficient (Wildman–Crippen LogP) is 4.19. The van der Waals surface area contributed by atoms with E-state index < -0.39 is 0 Å². The molecule has 0 unspecified atom stereocenters. The lowest BCUT2D eigenvalue weighted by atomic mass is 10.1. The van der Waals surface area contributed by atoms with Gasteiger partial charge in [-0.1, -0.05) is 15.9 Å². The van der Waals surface area contributed by atoms with E-state index in [0.29, 0.717) is 30.0 Å². The normalized spacial score (nSPS) is 10.8. The van der Waals surface area contributed by atoms with Gasteiger partial charge >= 0.3 is 0 Å². The van der Waals surface area contributed by atoms with Crippen molar-refractivity contribution in [3.05, 3.63) is 52.3 Å². The summed E-state index contributed by atoms with van der Waals surface area (Å²) in [6.45, 7) is 0.375. The Kier molecular flexibility index (Phi) is 8.98. The minimum Gasteiger partial charge on any atom is -0.493 e. The van der Waals surface area contributed by atoms with Gasteiger partial charge in [-0.05, 0) is 42.3 Å². The number of benzene rings is 2. The van der Waals surface area contributed by atoms with Gasteiger partial charge in [0, 0.05) is 22.8 Å². The second-order valence-electron chi connectivity index (χ2n) is 4.95. The van der Waals surface area contributed by atoms with Crippen molar-refractivity contribution in [2.24, 2.45) is 10.7 Å². The molecule has 25 heavy (non-hydrogen) atoms. The molecule has 0 aliphatic heterocycles. The third-order valence-electron chi connectivity index (χ3n) is 3.33. The molecule has 0 radical (unpaired) electrons. The molecule has 0 saturated carbocycles. The van der Waals surface area contributed by atoms with Crippen LogP contribution in [0.5, 0.6) is 11.5 Å². The molecule has 0 atom stereocenters. The smallest absolute Gasteiger partial charge is 0.193 e. The number of ether oxygens (including phenoxy) is 2. The monoisotopic (exact) mass is 523 g/mol. The fraction of sp³-hybridized carbons (Fsp3) is 0.235. The predicted molar refractivity (Wildman–Crippen MR) is 113 cm³/mol. The number of rotatable bonds is 6. The first-order valence-corrected chi connectivity index (χ1v) is 8.05. The van der Waals surface area contributed by atoms with Crippen LogP contribution in [0.25, 0.3) is 0 Å². The number of hydrogen-bond donors (Lipinski definition) is 2. The summed E-state index contributed by atoms with van der Waals surface area (Å²) in [6, 6.07) is 10.2. The van der Waals surface area contributed by atoms with E-state index in [1.807, 2.05) is 0 Å². The quantitative estimate of drug-likeness (QED) is 0.338. The van der Waals surface area contributed by atoms with Crippen molar-refractivity contribution >= 4 is 51.6 Å². The Hall–Kier alpha value is -1.55. The van der Waals surface area contributed by atoms with E-state index in [0.717, 1.165) is 10.2 Å². The molecule has 2 rings (SSSR count). The van der Waals surface area contributed by atoms with E-state index in [1.54, 1.807) is 44.6 Å². The largest absolute Gasteiger partial charge is 0.493 e. The van der Waals surface area contributed by atoms with Crippen molar-refractivity contribution in [1.82, 2.24) is 0 Å². The summed E-state index contributed by atoms with van der Waals surface area (Å²) in [6.07, 6.45) is 0.458. The van der Waals surface area contributed by atoms with Crippen molar-refractivity contribution in [1.29, 1.82) is 0 Å². The summed E-state index contributed by atoms with van der Waals surface area (Å²) in [5, 5.41) is 2.97. The molecule has 5 nitrogen and oxygen atoms in total. The summed E-state index contributed by atoms with van der Waals surface area (Å²) < 4.78 is 24.9. The zero-order valence-electron chi connectivity index (χ0n) is 13.9. The third kappa shape index (κ3) is 6.35. The van der Waals surface area contributed by atoms with Crippen molar-refractivity contribution in [3.63, 3.8) is 0 Å². The average Bonchev–Trinajstić information content (AvgIpc) is 2.57. The van der Waals surface area contributed by atoms with Crippen LogP contribution in [0.1, 0.15) is 5.56 Å². The summed E-state index contributed by atoms with van der Waals surface area (Å²) in [4.78, 5) is 4.21. The molecule has 0 aromatic heterocycles. The maximum absolute atomic E-state index is 13.7. The topological polar surface area (TPSA) is 68.9 Å². The second-order valence-corrected chi connectivity index (χ2v) is 5.86. The van der Waals surface area contributed by atoms with Crippen LogP contribution in [0, 0.1) is 5.82 Å². The molecular weight excluding hydrogens is 504 g/mol. The Bertz CT molecular complexity index is 744. The molecule has 2 aromatic carbocycles. The van der Waals surface area contributed by atoms with E-state index in [9.17, 15) is 4.39 Å². The number of nitrogens with zero attached hydrogens (tertiary/aromatic N) is 1. The molecule has 0 amide bonds. The number of anilines is 1. The van der Waals surface area contributed by atoms with Gasteiger partial charge in [0.05, 0.1) is 14.2 Å². The Morgan fingerprint density at radius 1 is 1.16 bits per heavy atom.